The summed E-state index contributed by atoms with van der Waals surface area (Å²) in [5, 5.41) is 14.5. The number of carbonyl (C=O) groups excluding carboxylic acids is 1. The van der Waals surface area contributed by atoms with Crippen molar-refractivity contribution in [2.45, 2.75) is 19.4 Å². The van der Waals surface area contributed by atoms with Crippen molar-refractivity contribution < 1.29 is 14.3 Å². The van der Waals surface area contributed by atoms with Crippen LogP contribution in [0.5, 0.6) is 0 Å². The fourth-order valence-corrected chi connectivity index (χ4v) is 2.13. The van der Waals surface area contributed by atoms with Crippen LogP contribution in [0.3, 0.4) is 0 Å². The van der Waals surface area contributed by atoms with Crippen LogP contribution in [-0.4, -0.2) is 23.8 Å². The molecule has 116 valence electrons. The number of aliphatic hydroxyl groups excluding tert-OH is 1. The van der Waals surface area contributed by atoms with Crippen molar-refractivity contribution in [1.29, 1.82) is 0 Å². The normalized spacial score (nSPS) is 11.8. The average molecular weight is 302 g/mol. The number of aryl methyl sites for hydroxylation is 1. The van der Waals surface area contributed by atoms with Gasteiger partial charge in [-0.15, -0.1) is 0 Å². The molecule has 1 unspecified atom stereocenters. The fourth-order valence-electron chi connectivity index (χ4n) is 2.13. The summed E-state index contributed by atoms with van der Waals surface area (Å²) in [6.45, 7) is 1.58. The monoisotopic (exact) mass is 302 g/mol. The summed E-state index contributed by atoms with van der Waals surface area (Å²) in [4.78, 5) is 11.9. The van der Waals surface area contributed by atoms with Crippen molar-refractivity contribution in [3.8, 4) is 0 Å². The van der Waals surface area contributed by atoms with Crippen molar-refractivity contribution in [1.82, 2.24) is 5.32 Å². The molecule has 2 aromatic rings. The molecule has 0 fully saturated rings. The summed E-state index contributed by atoms with van der Waals surface area (Å²) in [6.07, 6.45) is 0.501. The van der Waals surface area contributed by atoms with Gasteiger partial charge in [-0.25, -0.2) is 9.18 Å². The van der Waals surface area contributed by atoms with Gasteiger partial charge in [-0.05, 0) is 36.6 Å². The number of rotatable bonds is 5. The van der Waals surface area contributed by atoms with Crippen LogP contribution >= 0.6 is 0 Å². The van der Waals surface area contributed by atoms with E-state index < -0.39 is 17.9 Å². The number of amides is 2. The Morgan fingerprint density at radius 3 is 2.59 bits per heavy atom. The van der Waals surface area contributed by atoms with Gasteiger partial charge in [0.15, 0.2) is 0 Å². The number of halogens is 1. The van der Waals surface area contributed by atoms with Crippen LogP contribution in [0.1, 0.15) is 11.1 Å². The van der Waals surface area contributed by atoms with Crippen molar-refractivity contribution in [3.63, 3.8) is 0 Å². The number of nitrogens with one attached hydrogen (secondary N) is 2. The first-order valence-corrected chi connectivity index (χ1v) is 7.07. The van der Waals surface area contributed by atoms with E-state index in [4.69, 9.17) is 0 Å². The number of aliphatic hydroxyl groups is 1. The molecule has 22 heavy (non-hydrogen) atoms. The molecule has 0 spiro atoms. The third-order valence-corrected chi connectivity index (χ3v) is 3.25. The van der Waals surface area contributed by atoms with Gasteiger partial charge in [0.05, 0.1) is 18.3 Å². The van der Waals surface area contributed by atoms with E-state index in [1.165, 1.54) is 12.1 Å². The van der Waals surface area contributed by atoms with Crippen molar-refractivity contribution >= 4 is 11.7 Å². The second-order valence-corrected chi connectivity index (χ2v) is 5.15. The highest BCUT2D eigenvalue weighted by molar-refractivity contribution is 5.89. The highest BCUT2D eigenvalue weighted by Crippen LogP contribution is 2.15. The molecule has 3 N–H and O–H groups in total. The molecule has 0 aliphatic rings. The van der Waals surface area contributed by atoms with Crippen LogP contribution in [0.2, 0.25) is 0 Å². The Morgan fingerprint density at radius 2 is 1.95 bits per heavy atom. The Labute approximate surface area is 129 Å². The molecule has 2 rings (SSSR count). The first-order valence-electron chi connectivity index (χ1n) is 7.07. The summed E-state index contributed by atoms with van der Waals surface area (Å²) in [6, 6.07) is 13.1. The standard InChI is InChI=1S/C17H19FN2O2/c1-12-7-8-16(15(18)9-12)20-17(22)19-14(11-21)10-13-5-3-2-4-6-13/h2-9,14,21H,10-11H2,1H3,(H2,19,20,22). The molecule has 0 saturated heterocycles. The zero-order valence-corrected chi connectivity index (χ0v) is 12.3. The van der Waals surface area contributed by atoms with Crippen LogP contribution in [0, 0.1) is 12.7 Å². The van der Waals surface area contributed by atoms with Gasteiger partial charge in [-0.3, -0.25) is 0 Å². The molecule has 0 aliphatic heterocycles. The summed E-state index contributed by atoms with van der Waals surface area (Å²) < 4.78 is 13.7. The van der Waals surface area contributed by atoms with Crippen LogP contribution in [0.25, 0.3) is 0 Å². The highest BCUT2D eigenvalue weighted by atomic mass is 19.1. The topological polar surface area (TPSA) is 61.4 Å². The van der Waals surface area contributed by atoms with E-state index in [9.17, 15) is 14.3 Å². The smallest absolute Gasteiger partial charge is 0.319 e. The average Bonchev–Trinajstić information content (AvgIpc) is 2.50. The quantitative estimate of drug-likeness (QED) is 0.795. The molecule has 2 aromatic carbocycles. The summed E-state index contributed by atoms with van der Waals surface area (Å²) in [7, 11) is 0. The van der Waals surface area contributed by atoms with E-state index in [0.29, 0.717) is 6.42 Å². The second kappa shape index (κ2) is 7.56. The van der Waals surface area contributed by atoms with Crippen LogP contribution < -0.4 is 10.6 Å². The first kappa shape index (κ1) is 16.0. The van der Waals surface area contributed by atoms with E-state index in [0.717, 1.165) is 11.1 Å². The Bertz CT molecular complexity index is 632. The lowest BCUT2D eigenvalue weighted by Gasteiger charge is -2.17. The zero-order chi connectivity index (χ0) is 15.9. The van der Waals surface area contributed by atoms with E-state index in [1.807, 2.05) is 30.3 Å². The summed E-state index contributed by atoms with van der Waals surface area (Å²) in [5.74, 6) is -0.487. The largest absolute Gasteiger partial charge is 0.394 e. The van der Waals surface area contributed by atoms with Crippen molar-refractivity contribution in [2.75, 3.05) is 11.9 Å². The Morgan fingerprint density at radius 1 is 1.23 bits per heavy atom. The van der Waals surface area contributed by atoms with Crippen molar-refractivity contribution in [2.24, 2.45) is 0 Å². The maximum atomic E-state index is 13.7. The van der Waals surface area contributed by atoms with Gasteiger partial charge in [-0.2, -0.15) is 0 Å². The molecule has 1 atom stereocenters. The lowest BCUT2D eigenvalue weighted by Crippen LogP contribution is -2.41. The van der Waals surface area contributed by atoms with Gasteiger partial charge in [-0.1, -0.05) is 36.4 Å². The number of anilines is 1. The number of urea groups is 1. The van der Waals surface area contributed by atoms with Gasteiger partial charge in [0.25, 0.3) is 0 Å². The molecule has 0 radical (unpaired) electrons. The maximum Gasteiger partial charge on any atom is 0.319 e. The minimum atomic E-state index is -0.544. The Hall–Kier alpha value is -2.40. The third-order valence-electron chi connectivity index (χ3n) is 3.25. The SMILES string of the molecule is Cc1ccc(NC(=O)NC(CO)Cc2ccccc2)c(F)c1. The van der Waals surface area contributed by atoms with Crippen LogP contribution in [0.4, 0.5) is 14.9 Å². The number of benzene rings is 2. The number of hydrogen-bond acceptors (Lipinski definition) is 2. The predicted molar refractivity (Wildman–Crippen MR) is 84.3 cm³/mol. The van der Waals surface area contributed by atoms with Gasteiger partial charge in [0.1, 0.15) is 5.82 Å². The third kappa shape index (κ3) is 4.56. The Balaban J connectivity index is 1.94. The number of carbonyl (C=O) groups is 1. The van der Waals surface area contributed by atoms with Gasteiger partial charge in [0, 0.05) is 0 Å². The molecule has 0 saturated carbocycles. The highest BCUT2D eigenvalue weighted by Gasteiger charge is 2.13. The lowest BCUT2D eigenvalue weighted by atomic mass is 10.1. The van der Waals surface area contributed by atoms with Crippen molar-refractivity contribution in [3.05, 3.63) is 65.5 Å². The molecule has 4 nitrogen and oxygen atoms in total. The summed E-state index contributed by atoms with van der Waals surface area (Å²) in [5.41, 5.74) is 1.89. The maximum absolute atomic E-state index is 13.7. The van der Waals surface area contributed by atoms with Gasteiger partial charge >= 0.3 is 6.03 Å². The number of hydrogen-bond donors (Lipinski definition) is 3. The molecule has 0 aromatic heterocycles. The van der Waals surface area contributed by atoms with Gasteiger partial charge in [0.2, 0.25) is 0 Å². The van der Waals surface area contributed by atoms with E-state index in [2.05, 4.69) is 10.6 Å². The molecule has 2 amide bonds. The first-order chi connectivity index (χ1) is 10.6. The van der Waals surface area contributed by atoms with Crippen LogP contribution in [-0.2, 0) is 6.42 Å². The Kier molecular flexibility index (Phi) is 5.49. The van der Waals surface area contributed by atoms with Crippen LogP contribution in [0.15, 0.2) is 48.5 Å². The minimum Gasteiger partial charge on any atom is -0.394 e. The second-order valence-electron chi connectivity index (χ2n) is 5.15. The molecular formula is C17H19FN2O2. The van der Waals surface area contributed by atoms with E-state index >= 15 is 0 Å². The molecule has 5 heteroatoms. The predicted octanol–water partition coefficient (Wildman–Crippen LogP) is 2.86. The molecule has 0 aliphatic carbocycles. The van der Waals surface area contributed by atoms with E-state index in [1.54, 1.807) is 13.0 Å². The minimum absolute atomic E-state index is 0.111. The summed E-state index contributed by atoms with van der Waals surface area (Å²) >= 11 is 0. The lowest BCUT2D eigenvalue weighted by molar-refractivity contribution is 0.224. The fraction of sp³-hybridized carbons (Fsp3) is 0.235. The van der Waals surface area contributed by atoms with Gasteiger partial charge < -0.3 is 15.7 Å². The molecular weight excluding hydrogens is 283 g/mol. The zero-order valence-electron chi connectivity index (χ0n) is 12.3. The molecule has 0 bridgehead atoms. The van der Waals surface area contributed by atoms with E-state index in [-0.39, 0.29) is 12.3 Å². The molecule has 0 heterocycles.